The third-order valence-corrected chi connectivity index (χ3v) is 5.91. The Labute approximate surface area is 213 Å². The number of alkyl carbamates (subject to hydrolysis) is 1. The van der Waals surface area contributed by atoms with Gasteiger partial charge >= 0.3 is 6.09 Å². The molecule has 9 heteroatoms. The number of carbonyl (C=O) groups excluding carboxylic acids is 2. The van der Waals surface area contributed by atoms with E-state index in [9.17, 15) is 14.7 Å². The smallest absolute Gasteiger partial charge is 0.407 e. The molecule has 2 aromatic rings. The molecular weight excluding hydrogens is 460 g/mol. The molecule has 3 N–H and O–H groups in total. The highest BCUT2D eigenvalue weighted by Crippen LogP contribution is 2.31. The Balaban J connectivity index is 1.66. The molecule has 0 saturated carbocycles. The first-order valence-corrected chi connectivity index (χ1v) is 12.3. The summed E-state index contributed by atoms with van der Waals surface area (Å²) in [6, 6.07) is 8.81. The second-order valence-electron chi connectivity index (χ2n) is 10.6. The number of hydrogen-bond donors (Lipinski definition) is 3. The predicted octanol–water partition coefficient (Wildman–Crippen LogP) is 3.18. The van der Waals surface area contributed by atoms with Crippen LogP contribution in [0.25, 0.3) is 0 Å². The highest BCUT2D eigenvalue weighted by molar-refractivity contribution is 5.86. The molecule has 36 heavy (non-hydrogen) atoms. The van der Waals surface area contributed by atoms with E-state index in [4.69, 9.17) is 9.47 Å². The minimum Gasteiger partial charge on any atom is -0.487 e. The van der Waals surface area contributed by atoms with Crippen molar-refractivity contribution in [3.05, 3.63) is 53.3 Å². The fourth-order valence-corrected chi connectivity index (χ4v) is 4.20. The van der Waals surface area contributed by atoms with Crippen LogP contribution in [0.1, 0.15) is 51.4 Å². The van der Waals surface area contributed by atoms with Gasteiger partial charge < -0.3 is 30.1 Å². The van der Waals surface area contributed by atoms with Gasteiger partial charge in [0.2, 0.25) is 5.91 Å². The van der Waals surface area contributed by atoms with Crippen molar-refractivity contribution in [2.24, 2.45) is 5.92 Å². The van der Waals surface area contributed by atoms with E-state index in [0.717, 1.165) is 22.5 Å². The molecule has 0 bridgehead atoms. The number of carbonyl (C=O) groups is 2. The van der Waals surface area contributed by atoms with E-state index in [1.807, 2.05) is 76.9 Å². The van der Waals surface area contributed by atoms with Gasteiger partial charge in [-0.3, -0.25) is 9.78 Å². The monoisotopic (exact) mass is 498 g/mol. The van der Waals surface area contributed by atoms with Gasteiger partial charge in [-0.1, -0.05) is 26.0 Å². The number of anilines is 1. The fraction of sp³-hybridized carbons (Fsp3) is 0.519. The number of benzene rings is 1. The molecule has 1 aliphatic heterocycles. The van der Waals surface area contributed by atoms with Gasteiger partial charge in [0.25, 0.3) is 0 Å². The molecule has 0 fully saturated rings. The van der Waals surface area contributed by atoms with Gasteiger partial charge in [-0.15, -0.1) is 0 Å². The molecule has 1 aromatic carbocycles. The van der Waals surface area contributed by atoms with Crippen LogP contribution in [-0.2, 0) is 29.2 Å². The van der Waals surface area contributed by atoms with Crippen LogP contribution in [-0.4, -0.2) is 53.4 Å². The van der Waals surface area contributed by atoms with Crippen LogP contribution in [0.15, 0.2) is 36.5 Å². The second-order valence-corrected chi connectivity index (χ2v) is 10.6. The summed E-state index contributed by atoms with van der Waals surface area (Å²) in [6.45, 7) is 9.96. The van der Waals surface area contributed by atoms with E-state index in [1.54, 1.807) is 6.20 Å². The summed E-state index contributed by atoms with van der Waals surface area (Å²) < 4.78 is 11.2. The lowest BCUT2D eigenvalue weighted by Gasteiger charge is -2.37. The van der Waals surface area contributed by atoms with E-state index in [1.165, 1.54) is 0 Å². The van der Waals surface area contributed by atoms with Crippen molar-refractivity contribution in [3.8, 4) is 5.75 Å². The third kappa shape index (κ3) is 7.34. The summed E-state index contributed by atoms with van der Waals surface area (Å²) in [5, 5.41) is 15.5. The maximum Gasteiger partial charge on any atom is 0.407 e. The average Bonchev–Trinajstić information content (AvgIpc) is 2.80. The Morgan fingerprint density at radius 3 is 2.61 bits per heavy atom. The number of ether oxygens (including phenoxy) is 2. The van der Waals surface area contributed by atoms with Crippen LogP contribution < -0.4 is 20.3 Å². The number of hydrogen-bond acceptors (Lipinski definition) is 7. The van der Waals surface area contributed by atoms with Gasteiger partial charge in [-0.25, -0.2) is 4.79 Å². The predicted molar refractivity (Wildman–Crippen MR) is 138 cm³/mol. The largest absolute Gasteiger partial charge is 0.487 e. The maximum absolute atomic E-state index is 12.8. The molecule has 0 unspecified atom stereocenters. The summed E-state index contributed by atoms with van der Waals surface area (Å²) in [5.41, 5.74) is 3.10. The Morgan fingerprint density at radius 1 is 1.25 bits per heavy atom. The summed E-state index contributed by atoms with van der Waals surface area (Å²) in [6.07, 6.45) is 1.73. The highest BCUT2D eigenvalue weighted by atomic mass is 16.5. The third-order valence-electron chi connectivity index (χ3n) is 5.91. The molecule has 0 saturated heterocycles. The van der Waals surface area contributed by atoms with Crippen molar-refractivity contribution in [1.29, 1.82) is 0 Å². The first-order valence-electron chi connectivity index (χ1n) is 12.3. The van der Waals surface area contributed by atoms with Crippen LogP contribution in [0.4, 0.5) is 10.5 Å². The van der Waals surface area contributed by atoms with Crippen molar-refractivity contribution in [2.45, 2.75) is 71.9 Å². The van der Waals surface area contributed by atoms with Gasteiger partial charge in [0.05, 0.1) is 18.3 Å². The van der Waals surface area contributed by atoms with Gasteiger partial charge in [-0.2, -0.15) is 0 Å². The molecule has 0 spiro atoms. The van der Waals surface area contributed by atoms with Crippen molar-refractivity contribution >= 4 is 17.7 Å². The first-order chi connectivity index (χ1) is 17.0. The summed E-state index contributed by atoms with van der Waals surface area (Å²) in [5.74, 6) is 0.654. The molecule has 3 rings (SSSR count). The number of pyridine rings is 1. The van der Waals surface area contributed by atoms with E-state index >= 15 is 0 Å². The van der Waals surface area contributed by atoms with Gasteiger partial charge in [0.1, 0.15) is 25.0 Å². The number of aromatic nitrogens is 1. The molecule has 0 radical (unpaired) electrons. The Hall–Kier alpha value is -3.33. The first kappa shape index (κ1) is 27.3. The van der Waals surface area contributed by atoms with Crippen molar-refractivity contribution < 1.29 is 24.2 Å². The lowest BCUT2D eigenvalue weighted by molar-refractivity contribution is -0.124. The number of likely N-dealkylation sites (N-methyl/N-ethyl adjacent to an activating group) is 1. The Morgan fingerprint density at radius 2 is 2.00 bits per heavy atom. The second kappa shape index (κ2) is 11.6. The van der Waals surface area contributed by atoms with Gasteiger partial charge in [0.15, 0.2) is 0 Å². The molecule has 0 aliphatic carbocycles. The Kier molecular flexibility index (Phi) is 8.79. The number of aliphatic hydroxyl groups is 1. The standard InChI is InChI=1S/C27H38N4O5/c1-17(2)24-25(33)29-21(14-32)11-19-8-10-22(12-23(19)31(24)6)35-16-20-9-7-18(13-28-20)15-36-26(34)30-27(3,4)5/h7-10,12-13,17,21,24,32H,11,14-16H2,1-6H3,(H,29,33)(H,30,34)/t21-,24-/m1/s1. The summed E-state index contributed by atoms with van der Waals surface area (Å²) in [7, 11) is 1.91. The topological polar surface area (TPSA) is 113 Å². The number of nitrogens with one attached hydrogen (secondary N) is 2. The normalized spacial score (nSPS) is 18.1. The summed E-state index contributed by atoms with van der Waals surface area (Å²) in [4.78, 5) is 31.1. The number of fused-ring (bicyclic) bond motifs is 1. The van der Waals surface area contributed by atoms with E-state index < -0.39 is 6.09 Å². The molecular formula is C27H38N4O5. The van der Waals surface area contributed by atoms with Gasteiger partial charge in [0, 0.05) is 36.1 Å². The molecule has 2 amide bonds. The Bertz CT molecular complexity index is 1050. The maximum atomic E-state index is 12.8. The number of aliphatic hydroxyl groups excluding tert-OH is 1. The van der Waals surface area contributed by atoms with E-state index in [0.29, 0.717) is 12.2 Å². The quantitative estimate of drug-likeness (QED) is 0.537. The zero-order valence-corrected chi connectivity index (χ0v) is 22.0. The van der Waals surface area contributed by atoms with Crippen LogP contribution in [0, 0.1) is 5.92 Å². The van der Waals surface area contributed by atoms with E-state index in [-0.39, 0.29) is 49.3 Å². The van der Waals surface area contributed by atoms with Crippen molar-refractivity contribution in [2.75, 3.05) is 18.6 Å². The molecule has 9 nitrogen and oxygen atoms in total. The number of rotatable bonds is 7. The molecule has 2 heterocycles. The van der Waals surface area contributed by atoms with Crippen molar-refractivity contribution in [3.63, 3.8) is 0 Å². The fourth-order valence-electron chi connectivity index (χ4n) is 4.20. The van der Waals surface area contributed by atoms with Crippen molar-refractivity contribution in [1.82, 2.24) is 15.6 Å². The number of amides is 2. The summed E-state index contributed by atoms with van der Waals surface area (Å²) >= 11 is 0. The van der Waals surface area contributed by atoms with Crippen LogP contribution in [0.2, 0.25) is 0 Å². The van der Waals surface area contributed by atoms with Crippen LogP contribution in [0.5, 0.6) is 5.75 Å². The molecule has 2 atom stereocenters. The highest BCUT2D eigenvalue weighted by Gasteiger charge is 2.32. The number of nitrogens with zero attached hydrogens (tertiary/aromatic N) is 2. The van der Waals surface area contributed by atoms with Gasteiger partial charge in [-0.05, 0) is 50.8 Å². The zero-order chi connectivity index (χ0) is 26.5. The molecule has 1 aliphatic rings. The lowest BCUT2D eigenvalue weighted by Crippen LogP contribution is -2.54. The minimum atomic E-state index is -0.471. The zero-order valence-electron chi connectivity index (χ0n) is 22.0. The average molecular weight is 499 g/mol. The molecule has 196 valence electrons. The lowest BCUT2D eigenvalue weighted by atomic mass is 9.95. The van der Waals surface area contributed by atoms with Crippen LogP contribution in [0.3, 0.4) is 0 Å². The molecule has 1 aromatic heterocycles. The van der Waals surface area contributed by atoms with Crippen LogP contribution >= 0.6 is 0 Å². The van der Waals surface area contributed by atoms with E-state index in [2.05, 4.69) is 15.6 Å². The minimum absolute atomic E-state index is 0.0797. The SMILES string of the molecule is CC(C)[C@@H]1C(=O)N[C@@H](CO)Cc2ccc(OCc3ccc(COC(=O)NC(C)(C)C)cn3)cc2N1C.